The molecule has 1 aromatic carbocycles. The summed E-state index contributed by atoms with van der Waals surface area (Å²) in [6.07, 6.45) is 5.60. The minimum absolute atomic E-state index is 0.0970. The fraction of sp³-hybridized carbons (Fsp3) is 0.500. The van der Waals surface area contributed by atoms with E-state index in [0.29, 0.717) is 24.5 Å². The largest absolute Gasteiger partial charge is 0.493 e. The maximum absolute atomic E-state index is 12.6. The Hall–Kier alpha value is -2.12. The average Bonchev–Trinajstić information content (AvgIpc) is 3.21. The number of hydrogen-bond acceptors (Lipinski definition) is 6. The molecule has 1 aliphatic rings. The number of hydrogen-bond donors (Lipinski definition) is 2. The lowest BCUT2D eigenvalue weighted by atomic mass is 9.69. The van der Waals surface area contributed by atoms with Gasteiger partial charge < -0.3 is 20.5 Å². The Balaban J connectivity index is 1.81. The Kier molecular flexibility index (Phi) is 6.34. The van der Waals surface area contributed by atoms with E-state index in [0.717, 1.165) is 36.4 Å². The van der Waals surface area contributed by atoms with Gasteiger partial charge in [-0.1, -0.05) is 25.3 Å². The molecule has 3 N–H and O–H groups in total. The predicted molar refractivity (Wildman–Crippen MR) is 107 cm³/mol. The van der Waals surface area contributed by atoms with Crippen molar-refractivity contribution in [2.75, 3.05) is 20.8 Å². The van der Waals surface area contributed by atoms with E-state index in [-0.39, 0.29) is 11.3 Å². The van der Waals surface area contributed by atoms with Gasteiger partial charge >= 0.3 is 0 Å². The van der Waals surface area contributed by atoms with Gasteiger partial charge in [-0.3, -0.25) is 4.79 Å². The van der Waals surface area contributed by atoms with Gasteiger partial charge in [0.25, 0.3) is 5.91 Å². The van der Waals surface area contributed by atoms with Crippen LogP contribution in [0.25, 0.3) is 0 Å². The van der Waals surface area contributed by atoms with Crippen molar-refractivity contribution in [2.24, 2.45) is 5.73 Å². The van der Waals surface area contributed by atoms with E-state index in [1.165, 1.54) is 23.3 Å². The first-order chi connectivity index (χ1) is 13.1. The Morgan fingerprint density at radius 1 is 1.22 bits per heavy atom. The van der Waals surface area contributed by atoms with E-state index >= 15 is 0 Å². The molecule has 0 aliphatic heterocycles. The molecule has 0 spiro atoms. The van der Waals surface area contributed by atoms with E-state index in [1.54, 1.807) is 19.6 Å². The number of rotatable bonds is 7. The number of nitrogens with two attached hydrogens (primary N) is 1. The third-order valence-corrected chi connectivity index (χ3v) is 6.22. The molecule has 1 aromatic heterocycles. The van der Waals surface area contributed by atoms with Crippen LogP contribution in [0, 0.1) is 0 Å². The molecule has 3 rings (SSSR count). The van der Waals surface area contributed by atoms with Gasteiger partial charge in [0.05, 0.1) is 14.2 Å². The fourth-order valence-electron chi connectivity index (χ4n) is 3.81. The van der Waals surface area contributed by atoms with Crippen LogP contribution in [0.5, 0.6) is 11.5 Å². The Bertz CT molecular complexity index is 785. The molecule has 1 saturated carbocycles. The van der Waals surface area contributed by atoms with Gasteiger partial charge in [0.15, 0.2) is 11.5 Å². The van der Waals surface area contributed by atoms with Gasteiger partial charge in [-0.25, -0.2) is 4.98 Å². The summed E-state index contributed by atoms with van der Waals surface area (Å²) in [6, 6.07) is 6.08. The van der Waals surface area contributed by atoms with Crippen molar-refractivity contribution in [3.05, 3.63) is 39.8 Å². The molecule has 146 valence electrons. The maximum atomic E-state index is 12.6. The normalized spacial score (nSPS) is 16.0. The first-order valence-corrected chi connectivity index (χ1v) is 10.1. The quantitative estimate of drug-likeness (QED) is 0.759. The van der Waals surface area contributed by atoms with Crippen molar-refractivity contribution in [1.82, 2.24) is 10.3 Å². The van der Waals surface area contributed by atoms with Crippen LogP contribution in [-0.4, -0.2) is 31.7 Å². The molecule has 27 heavy (non-hydrogen) atoms. The highest BCUT2D eigenvalue weighted by Gasteiger charge is 2.35. The monoisotopic (exact) mass is 389 g/mol. The number of ether oxygens (including phenoxy) is 2. The van der Waals surface area contributed by atoms with E-state index in [4.69, 9.17) is 15.2 Å². The van der Waals surface area contributed by atoms with E-state index in [9.17, 15) is 4.79 Å². The molecule has 1 amide bonds. The number of methoxy groups -OCH3 is 2. The number of thiazole rings is 1. The van der Waals surface area contributed by atoms with Gasteiger partial charge in [-0.05, 0) is 30.5 Å². The summed E-state index contributed by atoms with van der Waals surface area (Å²) in [6.45, 7) is 0.935. The van der Waals surface area contributed by atoms with E-state index in [1.807, 2.05) is 12.1 Å². The number of aromatic nitrogens is 1. The summed E-state index contributed by atoms with van der Waals surface area (Å²) in [5.74, 6) is 1.29. The van der Waals surface area contributed by atoms with Crippen molar-refractivity contribution in [2.45, 2.75) is 44.1 Å². The summed E-state index contributed by atoms with van der Waals surface area (Å²) in [7, 11) is 3.28. The van der Waals surface area contributed by atoms with Crippen LogP contribution in [0.1, 0.15) is 53.2 Å². The second-order valence-electron chi connectivity index (χ2n) is 6.92. The topological polar surface area (TPSA) is 86.5 Å². The van der Waals surface area contributed by atoms with Crippen LogP contribution in [0.4, 0.5) is 0 Å². The molecular weight excluding hydrogens is 362 g/mol. The Labute approximate surface area is 164 Å². The van der Waals surface area contributed by atoms with Gasteiger partial charge in [0, 0.05) is 23.9 Å². The van der Waals surface area contributed by atoms with Crippen LogP contribution >= 0.6 is 11.3 Å². The van der Waals surface area contributed by atoms with Crippen molar-refractivity contribution < 1.29 is 14.3 Å². The molecule has 1 heterocycles. The van der Waals surface area contributed by atoms with Crippen LogP contribution in [0.3, 0.4) is 0 Å². The van der Waals surface area contributed by atoms with E-state index in [2.05, 4.69) is 16.4 Å². The highest BCUT2D eigenvalue weighted by molar-refractivity contribution is 7.09. The highest BCUT2D eigenvalue weighted by Crippen LogP contribution is 2.42. The zero-order valence-electron chi connectivity index (χ0n) is 15.9. The van der Waals surface area contributed by atoms with Crippen LogP contribution < -0.4 is 20.5 Å². The molecule has 0 saturated heterocycles. The minimum atomic E-state index is -0.142. The molecule has 0 radical (unpaired) electrons. The molecule has 6 nitrogen and oxygen atoms in total. The maximum Gasteiger partial charge on any atom is 0.270 e. The van der Waals surface area contributed by atoms with Crippen molar-refractivity contribution in [3.63, 3.8) is 0 Å². The first kappa shape index (κ1) is 19.6. The summed E-state index contributed by atoms with van der Waals surface area (Å²) in [5.41, 5.74) is 7.12. The molecule has 0 atom stereocenters. The van der Waals surface area contributed by atoms with Gasteiger partial charge in [-0.15, -0.1) is 11.3 Å². The average molecular weight is 390 g/mol. The summed E-state index contributed by atoms with van der Waals surface area (Å²) in [4.78, 5) is 16.8. The van der Waals surface area contributed by atoms with Crippen LogP contribution in [0.15, 0.2) is 23.6 Å². The van der Waals surface area contributed by atoms with E-state index < -0.39 is 0 Å². The smallest absolute Gasteiger partial charge is 0.270 e. The van der Waals surface area contributed by atoms with Gasteiger partial charge in [0.2, 0.25) is 0 Å². The summed E-state index contributed by atoms with van der Waals surface area (Å²) >= 11 is 1.42. The molecule has 2 aromatic rings. The number of benzene rings is 1. The zero-order valence-corrected chi connectivity index (χ0v) is 16.7. The lowest BCUT2D eigenvalue weighted by molar-refractivity contribution is 0.0932. The summed E-state index contributed by atoms with van der Waals surface area (Å²) < 4.78 is 10.9. The van der Waals surface area contributed by atoms with Gasteiger partial charge in [0.1, 0.15) is 10.7 Å². The minimum Gasteiger partial charge on any atom is -0.493 e. The molecule has 1 aliphatic carbocycles. The third-order valence-electron chi connectivity index (χ3n) is 5.35. The lowest BCUT2D eigenvalue weighted by Gasteiger charge is -2.38. The lowest BCUT2D eigenvalue weighted by Crippen LogP contribution is -2.42. The third kappa shape index (κ3) is 4.25. The number of nitrogens with one attached hydrogen (secondary N) is 1. The molecular formula is C20H27N3O3S. The SMILES string of the molecule is COc1ccc(C2(CNC(=O)c3csc(CN)n3)CCCCC2)cc1OC. The number of amides is 1. The second-order valence-corrected chi connectivity index (χ2v) is 7.87. The van der Waals surface area contributed by atoms with Crippen molar-refractivity contribution in [3.8, 4) is 11.5 Å². The fourth-order valence-corrected chi connectivity index (χ4v) is 4.47. The zero-order chi connectivity index (χ0) is 19.3. The molecule has 0 bridgehead atoms. The van der Waals surface area contributed by atoms with Crippen molar-refractivity contribution >= 4 is 17.2 Å². The van der Waals surface area contributed by atoms with Crippen LogP contribution in [0.2, 0.25) is 0 Å². The molecule has 0 unspecified atom stereocenters. The number of carbonyl (C=O) groups is 1. The first-order valence-electron chi connectivity index (χ1n) is 9.27. The Morgan fingerprint density at radius 2 is 1.96 bits per heavy atom. The van der Waals surface area contributed by atoms with Gasteiger partial charge in [-0.2, -0.15) is 0 Å². The standard InChI is InChI=1S/C20H27N3O3S/c1-25-16-7-6-14(10-17(16)26-2)20(8-4-3-5-9-20)13-22-19(24)15-12-27-18(11-21)23-15/h6-7,10,12H,3-5,8-9,11,13,21H2,1-2H3,(H,22,24). The summed E-state index contributed by atoms with van der Waals surface area (Å²) in [5, 5.41) is 5.64. The molecule has 1 fully saturated rings. The number of carbonyl (C=O) groups excluding carboxylic acids is 1. The molecule has 7 heteroatoms. The highest BCUT2D eigenvalue weighted by atomic mass is 32.1. The van der Waals surface area contributed by atoms with Crippen molar-refractivity contribution in [1.29, 1.82) is 0 Å². The Morgan fingerprint density at radius 3 is 2.59 bits per heavy atom. The number of nitrogens with zero attached hydrogens (tertiary/aromatic N) is 1. The predicted octanol–water partition coefficient (Wildman–Crippen LogP) is 3.25. The second kappa shape index (κ2) is 8.71. The van der Waals surface area contributed by atoms with Crippen LogP contribution in [-0.2, 0) is 12.0 Å².